The maximum absolute atomic E-state index is 10.1. The maximum atomic E-state index is 10.1. The second-order valence-corrected chi connectivity index (χ2v) is 5.98. The van der Waals surface area contributed by atoms with Crippen molar-refractivity contribution in [2.45, 2.75) is 38.2 Å². The SMILES string of the molecule is NNCC(O)C1C2CC3CC(C2)CC1C3. The van der Waals surface area contributed by atoms with E-state index >= 15 is 0 Å². The van der Waals surface area contributed by atoms with Crippen molar-refractivity contribution in [1.29, 1.82) is 0 Å². The zero-order valence-corrected chi connectivity index (χ0v) is 9.23. The minimum Gasteiger partial charge on any atom is -0.391 e. The summed E-state index contributed by atoms with van der Waals surface area (Å²) in [5.41, 5.74) is 2.63. The van der Waals surface area contributed by atoms with Gasteiger partial charge < -0.3 is 5.11 Å². The van der Waals surface area contributed by atoms with Gasteiger partial charge in [0.15, 0.2) is 0 Å². The third-order valence-corrected chi connectivity index (χ3v) is 5.07. The molecule has 4 aliphatic rings. The van der Waals surface area contributed by atoms with Crippen LogP contribution in [0.15, 0.2) is 0 Å². The highest BCUT2D eigenvalue weighted by molar-refractivity contribution is 5.00. The second-order valence-electron chi connectivity index (χ2n) is 5.98. The molecule has 15 heavy (non-hydrogen) atoms. The number of hydrogen-bond donors (Lipinski definition) is 3. The van der Waals surface area contributed by atoms with Crippen molar-refractivity contribution in [3.8, 4) is 0 Å². The molecule has 0 amide bonds. The molecule has 0 radical (unpaired) electrons. The van der Waals surface area contributed by atoms with E-state index in [0.29, 0.717) is 12.5 Å². The fourth-order valence-electron chi connectivity index (χ4n) is 4.85. The zero-order chi connectivity index (χ0) is 10.4. The lowest BCUT2D eigenvalue weighted by atomic mass is 9.51. The maximum Gasteiger partial charge on any atom is 0.0711 e. The quantitative estimate of drug-likeness (QED) is 0.479. The molecule has 4 bridgehead atoms. The smallest absolute Gasteiger partial charge is 0.0711 e. The summed E-state index contributed by atoms with van der Waals surface area (Å²) in [6.45, 7) is 0.562. The van der Waals surface area contributed by atoms with E-state index in [4.69, 9.17) is 5.84 Å². The summed E-state index contributed by atoms with van der Waals surface area (Å²) in [5, 5.41) is 10.1. The van der Waals surface area contributed by atoms with Gasteiger partial charge in [-0.3, -0.25) is 11.3 Å². The van der Waals surface area contributed by atoms with Crippen LogP contribution in [0.25, 0.3) is 0 Å². The summed E-state index contributed by atoms with van der Waals surface area (Å²) < 4.78 is 0. The van der Waals surface area contributed by atoms with Gasteiger partial charge in [0.25, 0.3) is 0 Å². The summed E-state index contributed by atoms with van der Waals surface area (Å²) in [6.07, 6.45) is 6.76. The molecular weight excluding hydrogens is 188 g/mol. The Hall–Kier alpha value is -0.120. The molecule has 3 heteroatoms. The molecule has 1 unspecified atom stereocenters. The van der Waals surface area contributed by atoms with Gasteiger partial charge >= 0.3 is 0 Å². The van der Waals surface area contributed by atoms with Crippen LogP contribution in [0.3, 0.4) is 0 Å². The number of nitrogens with two attached hydrogens (primary N) is 1. The minimum absolute atomic E-state index is 0.218. The summed E-state index contributed by atoms with van der Waals surface area (Å²) >= 11 is 0. The highest BCUT2D eigenvalue weighted by Gasteiger charge is 2.50. The van der Waals surface area contributed by atoms with Gasteiger partial charge in [-0.1, -0.05) is 0 Å². The first-order chi connectivity index (χ1) is 7.28. The predicted octanol–water partition coefficient (Wildman–Crippen LogP) is 0.883. The third kappa shape index (κ3) is 1.61. The van der Waals surface area contributed by atoms with Crippen molar-refractivity contribution in [3.63, 3.8) is 0 Å². The Labute approximate surface area is 91.4 Å². The molecular formula is C12H22N2O. The lowest BCUT2D eigenvalue weighted by Crippen LogP contribution is -2.51. The van der Waals surface area contributed by atoms with E-state index in [2.05, 4.69) is 5.43 Å². The predicted molar refractivity (Wildman–Crippen MR) is 58.7 cm³/mol. The Morgan fingerprint density at radius 3 is 2.07 bits per heavy atom. The van der Waals surface area contributed by atoms with Crippen LogP contribution in [0.4, 0.5) is 0 Å². The highest BCUT2D eigenvalue weighted by atomic mass is 16.3. The first-order valence-corrected chi connectivity index (χ1v) is 6.39. The molecule has 86 valence electrons. The molecule has 0 aromatic rings. The lowest BCUT2D eigenvalue weighted by Gasteiger charge is -2.55. The minimum atomic E-state index is -0.218. The number of aliphatic hydroxyl groups is 1. The van der Waals surface area contributed by atoms with Gasteiger partial charge in [0.2, 0.25) is 0 Å². The van der Waals surface area contributed by atoms with Gasteiger partial charge in [-0.15, -0.1) is 0 Å². The van der Waals surface area contributed by atoms with Gasteiger partial charge in [0.1, 0.15) is 0 Å². The lowest BCUT2D eigenvalue weighted by molar-refractivity contribution is -0.0881. The number of hydrogen-bond acceptors (Lipinski definition) is 3. The van der Waals surface area contributed by atoms with Gasteiger partial charge in [0.05, 0.1) is 6.10 Å². The molecule has 0 aromatic carbocycles. The van der Waals surface area contributed by atoms with Gasteiger partial charge in [0, 0.05) is 6.54 Å². The van der Waals surface area contributed by atoms with Crippen molar-refractivity contribution in [3.05, 3.63) is 0 Å². The van der Waals surface area contributed by atoms with Gasteiger partial charge in [-0.2, -0.15) is 0 Å². The Bertz CT molecular complexity index is 216. The summed E-state index contributed by atoms with van der Waals surface area (Å²) in [5.74, 6) is 9.42. The van der Waals surface area contributed by atoms with Crippen LogP contribution in [0, 0.1) is 29.6 Å². The molecule has 3 nitrogen and oxygen atoms in total. The van der Waals surface area contributed by atoms with Crippen molar-refractivity contribution < 1.29 is 5.11 Å². The molecule has 0 heterocycles. The van der Waals surface area contributed by atoms with E-state index in [1.165, 1.54) is 32.1 Å². The standard InChI is InChI=1S/C12H22N2O/c13-14-6-11(15)12-9-2-7-1-8(4-9)5-10(12)3-7/h7-12,14-15H,1-6,13H2. The highest BCUT2D eigenvalue weighted by Crippen LogP contribution is 2.57. The fourth-order valence-corrected chi connectivity index (χ4v) is 4.85. The summed E-state index contributed by atoms with van der Waals surface area (Å²) in [7, 11) is 0. The van der Waals surface area contributed by atoms with Gasteiger partial charge in [-0.25, -0.2) is 0 Å². The summed E-state index contributed by atoms with van der Waals surface area (Å²) in [4.78, 5) is 0. The van der Waals surface area contributed by atoms with Gasteiger partial charge in [-0.05, 0) is 61.7 Å². The van der Waals surface area contributed by atoms with Crippen LogP contribution in [-0.4, -0.2) is 17.8 Å². The molecule has 1 atom stereocenters. The van der Waals surface area contributed by atoms with E-state index in [1.807, 2.05) is 0 Å². The molecule has 4 N–H and O–H groups in total. The number of rotatable bonds is 3. The molecule has 4 saturated carbocycles. The fraction of sp³-hybridized carbons (Fsp3) is 1.00. The largest absolute Gasteiger partial charge is 0.391 e. The average Bonchev–Trinajstić information content (AvgIpc) is 2.15. The second kappa shape index (κ2) is 3.72. The van der Waals surface area contributed by atoms with Crippen molar-refractivity contribution in [1.82, 2.24) is 5.43 Å². The Balaban J connectivity index is 1.74. The Kier molecular flexibility index (Phi) is 2.49. The van der Waals surface area contributed by atoms with E-state index < -0.39 is 0 Å². The number of aliphatic hydroxyl groups excluding tert-OH is 1. The van der Waals surface area contributed by atoms with Crippen LogP contribution in [0.5, 0.6) is 0 Å². The topological polar surface area (TPSA) is 58.3 Å². The molecule has 0 saturated heterocycles. The van der Waals surface area contributed by atoms with Crippen LogP contribution < -0.4 is 11.3 Å². The molecule has 0 spiro atoms. The third-order valence-electron chi connectivity index (χ3n) is 5.07. The van der Waals surface area contributed by atoms with E-state index in [-0.39, 0.29) is 6.10 Å². The number of hydrazine groups is 1. The number of nitrogens with one attached hydrogen (secondary N) is 1. The first kappa shape index (κ1) is 10.1. The van der Waals surface area contributed by atoms with Crippen LogP contribution >= 0.6 is 0 Å². The Morgan fingerprint density at radius 2 is 1.60 bits per heavy atom. The zero-order valence-electron chi connectivity index (χ0n) is 9.23. The van der Waals surface area contributed by atoms with Crippen LogP contribution in [-0.2, 0) is 0 Å². The van der Waals surface area contributed by atoms with E-state index in [0.717, 1.165) is 23.7 Å². The molecule has 4 rings (SSSR count). The molecule has 4 aliphatic carbocycles. The molecule has 0 aromatic heterocycles. The summed E-state index contributed by atoms with van der Waals surface area (Å²) in [6, 6.07) is 0. The van der Waals surface area contributed by atoms with Crippen LogP contribution in [0.2, 0.25) is 0 Å². The van der Waals surface area contributed by atoms with E-state index in [9.17, 15) is 5.11 Å². The first-order valence-electron chi connectivity index (χ1n) is 6.39. The van der Waals surface area contributed by atoms with Crippen LogP contribution in [0.1, 0.15) is 32.1 Å². The Morgan fingerprint density at radius 1 is 1.07 bits per heavy atom. The van der Waals surface area contributed by atoms with Crippen molar-refractivity contribution >= 4 is 0 Å². The monoisotopic (exact) mass is 210 g/mol. The average molecular weight is 210 g/mol. The molecule has 0 aliphatic heterocycles. The van der Waals surface area contributed by atoms with E-state index in [1.54, 1.807) is 0 Å². The van der Waals surface area contributed by atoms with Crippen molar-refractivity contribution in [2.75, 3.05) is 6.54 Å². The van der Waals surface area contributed by atoms with Crippen molar-refractivity contribution in [2.24, 2.45) is 35.4 Å². The normalized spacial score (nSPS) is 49.6. The molecule has 4 fully saturated rings.